The Balaban J connectivity index is 0.00000196. The maximum atomic E-state index is 12.6. The molecule has 1 aromatic heterocycles. The Hall–Kier alpha value is -2.03. The van der Waals surface area contributed by atoms with E-state index in [0.29, 0.717) is 22.0 Å². The van der Waals surface area contributed by atoms with E-state index in [-0.39, 0.29) is 57.3 Å². The molecule has 26 heavy (non-hydrogen) atoms. The van der Waals surface area contributed by atoms with Gasteiger partial charge in [-0.15, -0.1) is 0 Å². The predicted octanol–water partition coefficient (Wildman–Crippen LogP) is -0.234. The minimum absolute atomic E-state index is 0. The fourth-order valence-electron chi connectivity index (χ4n) is 2.90. The third-order valence-electron chi connectivity index (χ3n) is 4.10. The third-order valence-corrected chi connectivity index (χ3v) is 4.93. The van der Waals surface area contributed by atoms with Gasteiger partial charge in [0.2, 0.25) is 0 Å². The summed E-state index contributed by atoms with van der Waals surface area (Å²) in [6, 6.07) is 13.6. The summed E-state index contributed by atoms with van der Waals surface area (Å²) in [5.74, 6) is -0.454. The first kappa shape index (κ1) is 18.8. The number of nitrogens with zero attached hydrogens (tertiary/aromatic N) is 1. The first-order chi connectivity index (χ1) is 11.9. The normalized spacial score (nSPS) is 13.7. The number of aromatic nitrogens is 1. The van der Waals surface area contributed by atoms with Crippen LogP contribution in [0.1, 0.15) is 21.6 Å². The molecule has 1 aliphatic carbocycles. The van der Waals surface area contributed by atoms with Crippen molar-refractivity contribution in [2.24, 2.45) is 0 Å². The predicted molar refractivity (Wildman–Crippen MR) is 89.9 cm³/mol. The molecule has 1 N–H and O–H groups in total. The topological polar surface area (TPSA) is 107 Å². The largest absolute Gasteiger partial charge is 1.00 e. The number of ketones is 1. The first-order valence-electron chi connectivity index (χ1n) is 7.31. The van der Waals surface area contributed by atoms with Gasteiger partial charge in [0, 0.05) is 16.5 Å². The van der Waals surface area contributed by atoms with E-state index in [1.807, 2.05) is 0 Å². The second-order valence-electron chi connectivity index (χ2n) is 5.60. The monoisotopic (exact) mass is 375 g/mol. The van der Waals surface area contributed by atoms with Crippen LogP contribution < -0.4 is 29.6 Å². The molecule has 0 bridgehead atoms. The molecule has 3 aromatic rings. The van der Waals surface area contributed by atoms with E-state index in [0.717, 1.165) is 0 Å². The summed E-state index contributed by atoms with van der Waals surface area (Å²) in [4.78, 5) is 16.5. The molecule has 0 spiro atoms. The van der Waals surface area contributed by atoms with Gasteiger partial charge in [-0.05, 0) is 24.3 Å². The number of aliphatic hydroxyl groups excluding tert-OH is 1. The summed E-state index contributed by atoms with van der Waals surface area (Å²) in [5, 5.41) is 10.8. The van der Waals surface area contributed by atoms with E-state index in [1.54, 1.807) is 30.3 Å². The summed E-state index contributed by atoms with van der Waals surface area (Å²) >= 11 is 0. The summed E-state index contributed by atoms with van der Waals surface area (Å²) in [6.45, 7) is 0. The molecule has 8 heteroatoms. The van der Waals surface area contributed by atoms with Crippen LogP contribution in [0, 0.1) is 0 Å². The smallest absolute Gasteiger partial charge is 0.744 e. The van der Waals surface area contributed by atoms with E-state index in [4.69, 9.17) is 0 Å². The maximum absolute atomic E-state index is 12.6. The molecule has 1 aliphatic rings. The number of hydrogen-bond donors (Lipinski definition) is 1. The van der Waals surface area contributed by atoms with Crippen molar-refractivity contribution in [3.05, 3.63) is 71.4 Å². The average Bonchev–Trinajstić information content (AvgIpc) is 2.85. The molecule has 0 saturated heterocycles. The number of allylic oxidation sites excluding steroid dienone is 1. The third kappa shape index (κ3) is 2.98. The maximum Gasteiger partial charge on any atom is 1.00 e. The minimum atomic E-state index is -4.56. The number of carbonyl (C=O) groups is 1. The number of rotatable bonds is 2. The molecule has 0 fully saturated rings. The number of benzene rings is 2. The molecule has 2 aromatic carbocycles. The summed E-state index contributed by atoms with van der Waals surface area (Å²) in [7, 11) is -4.56. The molecule has 0 atom stereocenters. The number of fused-ring (bicyclic) bond motifs is 2. The summed E-state index contributed by atoms with van der Waals surface area (Å²) < 4.78 is 33.3. The van der Waals surface area contributed by atoms with Gasteiger partial charge in [0.05, 0.1) is 21.7 Å². The van der Waals surface area contributed by atoms with Crippen LogP contribution in [0.15, 0.2) is 59.5 Å². The van der Waals surface area contributed by atoms with Crippen molar-refractivity contribution in [2.75, 3.05) is 0 Å². The standard InChI is InChI=1S/C18H11NO5S.Na/c20-17-12-3-1-2-4-13(12)18(21)16(17)15-7-5-10-9-11(25(22,23)24)6-8-14(10)19-15;/h1-9,20H,(H,22,23,24);/q;+1/p-1. The van der Waals surface area contributed by atoms with E-state index in [1.165, 1.54) is 24.3 Å². The van der Waals surface area contributed by atoms with Gasteiger partial charge in [0.25, 0.3) is 0 Å². The van der Waals surface area contributed by atoms with Crippen molar-refractivity contribution >= 4 is 38.1 Å². The van der Waals surface area contributed by atoms with Gasteiger partial charge in [0.15, 0.2) is 5.78 Å². The zero-order chi connectivity index (χ0) is 17.8. The Morgan fingerprint density at radius 3 is 2.31 bits per heavy atom. The van der Waals surface area contributed by atoms with Crippen LogP contribution in [0.2, 0.25) is 0 Å². The van der Waals surface area contributed by atoms with E-state index < -0.39 is 10.1 Å². The molecule has 4 rings (SSSR count). The first-order valence-corrected chi connectivity index (χ1v) is 8.71. The Bertz CT molecular complexity index is 1200. The van der Waals surface area contributed by atoms with Crippen molar-refractivity contribution in [3.8, 4) is 0 Å². The van der Waals surface area contributed by atoms with Gasteiger partial charge in [0.1, 0.15) is 15.9 Å². The zero-order valence-corrected chi connectivity index (χ0v) is 16.4. The zero-order valence-electron chi connectivity index (χ0n) is 13.6. The van der Waals surface area contributed by atoms with E-state index in [9.17, 15) is 22.9 Å². The van der Waals surface area contributed by atoms with Crippen molar-refractivity contribution in [2.45, 2.75) is 4.90 Å². The Morgan fingerprint density at radius 1 is 0.962 bits per heavy atom. The van der Waals surface area contributed by atoms with Gasteiger partial charge in [-0.1, -0.05) is 30.3 Å². The number of hydrogen-bond acceptors (Lipinski definition) is 6. The van der Waals surface area contributed by atoms with Gasteiger partial charge >= 0.3 is 29.6 Å². The number of aliphatic hydroxyl groups is 1. The van der Waals surface area contributed by atoms with Gasteiger partial charge in [-0.2, -0.15) is 0 Å². The van der Waals surface area contributed by atoms with E-state index >= 15 is 0 Å². The van der Waals surface area contributed by atoms with Crippen molar-refractivity contribution in [3.63, 3.8) is 0 Å². The van der Waals surface area contributed by atoms with Gasteiger partial charge in [-0.3, -0.25) is 4.79 Å². The molecule has 0 saturated carbocycles. The molecule has 124 valence electrons. The van der Waals surface area contributed by atoms with Crippen LogP contribution in [0.5, 0.6) is 0 Å². The molecule has 0 amide bonds. The van der Waals surface area contributed by atoms with Crippen LogP contribution in [0.3, 0.4) is 0 Å². The SMILES string of the molecule is O=C1C(c2ccc3cc(S(=O)(=O)[O-])ccc3n2)=C(O)c2ccccc21.[Na+]. The molecule has 6 nitrogen and oxygen atoms in total. The minimum Gasteiger partial charge on any atom is -0.744 e. The van der Waals surface area contributed by atoms with Crippen molar-refractivity contribution in [1.82, 2.24) is 4.98 Å². The number of Topliss-reactive ketones (excluding diaryl/α,β-unsaturated/α-hetero) is 1. The number of pyridine rings is 1. The fourth-order valence-corrected chi connectivity index (χ4v) is 3.41. The van der Waals surface area contributed by atoms with Crippen LogP contribution in [0.4, 0.5) is 0 Å². The summed E-state index contributed by atoms with van der Waals surface area (Å²) in [5.41, 5.74) is 1.66. The Morgan fingerprint density at radius 2 is 1.65 bits per heavy atom. The molecule has 0 unspecified atom stereocenters. The van der Waals surface area contributed by atoms with Gasteiger partial charge in [-0.25, -0.2) is 13.4 Å². The second-order valence-corrected chi connectivity index (χ2v) is 6.98. The quantitative estimate of drug-likeness (QED) is 0.490. The van der Waals surface area contributed by atoms with Crippen LogP contribution in [-0.4, -0.2) is 28.8 Å². The second kappa shape index (κ2) is 6.61. The molecule has 0 aliphatic heterocycles. The van der Waals surface area contributed by atoms with E-state index in [2.05, 4.69) is 4.98 Å². The van der Waals surface area contributed by atoms with Gasteiger partial charge < -0.3 is 9.66 Å². The van der Waals surface area contributed by atoms with Crippen LogP contribution >= 0.6 is 0 Å². The van der Waals surface area contributed by atoms with Crippen molar-refractivity contribution < 1.29 is 52.4 Å². The van der Waals surface area contributed by atoms with Crippen molar-refractivity contribution in [1.29, 1.82) is 0 Å². The Labute approximate surface area is 171 Å². The average molecular weight is 375 g/mol. The molecule has 0 radical (unpaired) electrons. The Kier molecular flexibility index (Phi) is 4.76. The fraction of sp³-hybridized carbons (Fsp3) is 0. The summed E-state index contributed by atoms with van der Waals surface area (Å²) in [6.07, 6.45) is 0. The van der Waals surface area contributed by atoms with Crippen LogP contribution in [0.25, 0.3) is 22.2 Å². The number of carbonyl (C=O) groups excluding carboxylic acids is 1. The molecular formula is C18H10NNaO5S. The van der Waals surface area contributed by atoms with Crippen LogP contribution in [-0.2, 0) is 10.1 Å². The molecular weight excluding hydrogens is 365 g/mol. The molecule has 1 heterocycles.